The molecule has 14 heavy (non-hydrogen) atoms. The van der Waals surface area contributed by atoms with E-state index in [2.05, 4.69) is 10.3 Å². The predicted octanol–water partition coefficient (Wildman–Crippen LogP) is 1.29. The second-order valence-electron chi connectivity index (χ2n) is 3.02. The molecule has 0 atom stereocenters. The number of hydrogen-bond donors (Lipinski definition) is 2. The first kappa shape index (κ1) is 9.30. The summed E-state index contributed by atoms with van der Waals surface area (Å²) in [5.74, 6) is 1.47. The Bertz CT molecular complexity index is 463. The molecular weight excluding hydrogens is 200 g/mol. The third-order valence-electron chi connectivity index (χ3n) is 2.05. The molecule has 0 saturated heterocycles. The van der Waals surface area contributed by atoms with Gasteiger partial charge in [-0.05, 0) is 19.2 Å². The van der Waals surface area contributed by atoms with Gasteiger partial charge in [0, 0.05) is 0 Å². The molecule has 0 spiro atoms. The lowest BCUT2D eigenvalue weighted by Gasteiger charge is -2.03. The molecule has 5 heteroatoms. The number of nitrogens with two attached hydrogens (primary N) is 1. The third kappa shape index (κ3) is 1.32. The van der Waals surface area contributed by atoms with Crippen LogP contribution in [0.3, 0.4) is 0 Å². The zero-order valence-corrected chi connectivity index (χ0v) is 8.54. The van der Waals surface area contributed by atoms with E-state index < -0.39 is 0 Å². The van der Waals surface area contributed by atoms with E-state index in [9.17, 15) is 0 Å². The molecule has 2 rings (SSSR count). The van der Waals surface area contributed by atoms with Crippen molar-refractivity contribution in [2.45, 2.75) is 6.54 Å². The zero-order chi connectivity index (χ0) is 10.1. The number of nitrogen functional groups attached to an aromatic ring is 1. The van der Waals surface area contributed by atoms with Crippen LogP contribution in [0.25, 0.3) is 5.52 Å². The Balaban J connectivity index is 2.72. The van der Waals surface area contributed by atoms with Gasteiger partial charge in [0.25, 0.3) is 0 Å². The van der Waals surface area contributed by atoms with Gasteiger partial charge in [-0.15, -0.1) is 0 Å². The fourth-order valence-corrected chi connectivity index (χ4v) is 1.72. The van der Waals surface area contributed by atoms with Gasteiger partial charge in [-0.1, -0.05) is 17.7 Å². The summed E-state index contributed by atoms with van der Waals surface area (Å²) in [5.41, 5.74) is 6.68. The highest BCUT2D eigenvalue weighted by molar-refractivity contribution is 6.32. The number of imidazole rings is 1. The van der Waals surface area contributed by atoms with Crippen molar-refractivity contribution in [2.75, 3.05) is 12.8 Å². The van der Waals surface area contributed by atoms with Crippen molar-refractivity contribution in [2.24, 2.45) is 0 Å². The van der Waals surface area contributed by atoms with Gasteiger partial charge in [0.15, 0.2) is 5.15 Å². The van der Waals surface area contributed by atoms with Gasteiger partial charge in [0.2, 0.25) is 0 Å². The minimum Gasteiger partial charge on any atom is -0.385 e. The van der Waals surface area contributed by atoms with Crippen LogP contribution in [0, 0.1) is 0 Å². The Morgan fingerprint density at radius 2 is 2.36 bits per heavy atom. The number of fused-ring (bicyclic) bond motifs is 1. The molecule has 0 aliphatic carbocycles. The van der Waals surface area contributed by atoms with Crippen LogP contribution in [0.5, 0.6) is 0 Å². The summed E-state index contributed by atoms with van der Waals surface area (Å²) in [6.45, 7) is 0.641. The molecule has 0 bridgehead atoms. The highest BCUT2D eigenvalue weighted by Crippen LogP contribution is 2.20. The molecule has 0 aromatic carbocycles. The molecule has 0 aliphatic rings. The Hall–Kier alpha value is -1.26. The predicted molar refractivity (Wildman–Crippen MR) is 57.4 cm³/mol. The second-order valence-corrected chi connectivity index (χ2v) is 3.38. The summed E-state index contributed by atoms with van der Waals surface area (Å²) in [6.07, 6.45) is 0. The first-order chi connectivity index (χ1) is 6.74. The first-order valence-corrected chi connectivity index (χ1v) is 4.67. The minimum absolute atomic E-state index is 0.488. The van der Waals surface area contributed by atoms with Gasteiger partial charge < -0.3 is 11.1 Å². The quantitative estimate of drug-likeness (QED) is 0.786. The van der Waals surface area contributed by atoms with Crippen molar-refractivity contribution in [1.29, 1.82) is 0 Å². The van der Waals surface area contributed by atoms with E-state index in [1.807, 2.05) is 29.6 Å². The summed E-state index contributed by atoms with van der Waals surface area (Å²) in [6, 6.07) is 5.58. The van der Waals surface area contributed by atoms with E-state index in [1.165, 1.54) is 0 Å². The van der Waals surface area contributed by atoms with Gasteiger partial charge in [0.1, 0.15) is 11.6 Å². The Kier molecular flexibility index (Phi) is 2.31. The fraction of sp³-hybridized carbons (Fsp3) is 0.222. The van der Waals surface area contributed by atoms with E-state index in [0.717, 1.165) is 11.3 Å². The van der Waals surface area contributed by atoms with Gasteiger partial charge >= 0.3 is 0 Å². The SMILES string of the molecule is CNCc1nc(Cl)c2cccc(N)n12. The molecule has 2 heterocycles. The maximum atomic E-state index is 5.97. The number of rotatable bonds is 2. The molecule has 0 aliphatic heterocycles. The molecule has 74 valence electrons. The van der Waals surface area contributed by atoms with Crippen LogP contribution in [-0.2, 0) is 6.54 Å². The van der Waals surface area contributed by atoms with E-state index >= 15 is 0 Å². The summed E-state index contributed by atoms with van der Waals surface area (Å²) in [7, 11) is 1.86. The molecule has 0 saturated carbocycles. The molecule has 2 aromatic rings. The number of halogens is 1. The van der Waals surface area contributed by atoms with Crippen LogP contribution in [0.15, 0.2) is 18.2 Å². The van der Waals surface area contributed by atoms with Crippen molar-refractivity contribution < 1.29 is 0 Å². The van der Waals surface area contributed by atoms with Crippen molar-refractivity contribution >= 4 is 22.9 Å². The van der Waals surface area contributed by atoms with E-state index in [4.69, 9.17) is 17.3 Å². The lowest BCUT2D eigenvalue weighted by atomic mass is 10.4. The Morgan fingerprint density at radius 1 is 1.57 bits per heavy atom. The van der Waals surface area contributed by atoms with E-state index in [-0.39, 0.29) is 0 Å². The third-order valence-corrected chi connectivity index (χ3v) is 2.33. The Morgan fingerprint density at radius 3 is 3.07 bits per heavy atom. The molecule has 0 radical (unpaired) electrons. The number of pyridine rings is 1. The molecular formula is C9H11ClN4. The fourth-order valence-electron chi connectivity index (χ4n) is 1.47. The minimum atomic E-state index is 0.488. The summed E-state index contributed by atoms with van der Waals surface area (Å²) < 4.78 is 1.85. The van der Waals surface area contributed by atoms with E-state index in [0.29, 0.717) is 17.5 Å². The molecule has 3 N–H and O–H groups in total. The summed E-state index contributed by atoms with van der Waals surface area (Å²) in [5, 5.41) is 3.51. The van der Waals surface area contributed by atoms with Gasteiger partial charge in [-0.2, -0.15) is 0 Å². The summed E-state index contributed by atoms with van der Waals surface area (Å²) in [4.78, 5) is 4.23. The normalized spacial score (nSPS) is 11.0. The smallest absolute Gasteiger partial charge is 0.155 e. The van der Waals surface area contributed by atoms with Crippen molar-refractivity contribution in [3.63, 3.8) is 0 Å². The van der Waals surface area contributed by atoms with Crippen LogP contribution in [0.4, 0.5) is 5.82 Å². The van der Waals surface area contributed by atoms with Crippen LogP contribution >= 0.6 is 11.6 Å². The van der Waals surface area contributed by atoms with Crippen LogP contribution in [0.1, 0.15) is 5.82 Å². The number of anilines is 1. The maximum Gasteiger partial charge on any atom is 0.155 e. The topological polar surface area (TPSA) is 55.3 Å². The number of nitrogens with one attached hydrogen (secondary N) is 1. The first-order valence-electron chi connectivity index (χ1n) is 4.30. The van der Waals surface area contributed by atoms with Crippen molar-refractivity contribution in [3.05, 3.63) is 29.2 Å². The average molecular weight is 211 g/mol. The van der Waals surface area contributed by atoms with Crippen LogP contribution in [-0.4, -0.2) is 16.4 Å². The zero-order valence-electron chi connectivity index (χ0n) is 7.79. The monoisotopic (exact) mass is 210 g/mol. The van der Waals surface area contributed by atoms with Crippen LogP contribution in [0.2, 0.25) is 5.15 Å². The van der Waals surface area contributed by atoms with Crippen LogP contribution < -0.4 is 11.1 Å². The standard InChI is InChI=1S/C9H11ClN4/c1-12-5-8-13-9(10)6-3-2-4-7(11)14(6)8/h2-4,12H,5,11H2,1H3. The molecule has 2 aromatic heterocycles. The van der Waals surface area contributed by atoms with E-state index in [1.54, 1.807) is 0 Å². The molecule has 0 fully saturated rings. The van der Waals surface area contributed by atoms with Crippen molar-refractivity contribution in [3.8, 4) is 0 Å². The number of aromatic nitrogens is 2. The Labute approximate surface area is 86.7 Å². The lowest BCUT2D eigenvalue weighted by molar-refractivity contribution is 0.757. The van der Waals surface area contributed by atoms with Gasteiger partial charge in [-0.3, -0.25) is 4.40 Å². The highest BCUT2D eigenvalue weighted by Gasteiger charge is 2.09. The van der Waals surface area contributed by atoms with Crippen molar-refractivity contribution in [1.82, 2.24) is 14.7 Å². The second kappa shape index (κ2) is 3.48. The average Bonchev–Trinajstić information content (AvgIpc) is 2.46. The molecule has 4 nitrogen and oxygen atoms in total. The van der Waals surface area contributed by atoms with Gasteiger partial charge in [0.05, 0.1) is 12.1 Å². The highest BCUT2D eigenvalue weighted by atomic mass is 35.5. The maximum absolute atomic E-state index is 5.97. The molecule has 0 unspecified atom stereocenters. The number of nitrogens with zero attached hydrogens (tertiary/aromatic N) is 2. The number of hydrogen-bond acceptors (Lipinski definition) is 3. The molecule has 0 amide bonds. The summed E-state index contributed by atoms with van der Waals surface area (Å²) >= 11 is 5.97. The van der Waals surface area contributed by atoms with Gasteiger partial charge in [-0.25, -0.2) is 4.98 Å². The largest absolute Gasteiger partial charge is 0.385 e. The lowest BCUT2D eigenvalue weighted by Crippen LogP contribution is -2.10.